The van der Waals surface area contributed by atoms with Crippen molar-refractivity contribution in [2.24, 2.45) is 0 Å². The maximum absolute atomic E-state index is 11.6. The fourth-order valence-electron chi connectivity index (χ4n) is 1.46. The zero-order valence-corrected chi connectivity index (χ0v) is 9.87. The van der Waals surface area contributed by atoms with Crippen LogP contribution in [0.4, 0.5) is 5.69 Å². The summed E-state index contributed by atoms with van der Waals surface area (Å²) in [7, 11) is 0. The van der Waals surface area contributed by atoms with Gasteiger partial charge in [0, 0.05) is 23.4 Å². The van der Waals surface area contributed by atoms with Crippen LogP contribution >= 0.6 is 11.6 Å². The summed E-state index contributed by atoms with van der Waals surface area (Å²) in [6.45, 7) is 0.140. The van der Waals surface area contributed by atoms with Gasteiger partial charge in [0.25, 0.3) is 11.2 Å². The van der Waals surface area contributed by atoms with Crippen LogP contribution in [0.25, 0.3) is 0 Å². The highest BCUT2D eigenvalue weighted by molar-refractivity contribution is 6.30. The van der Waals surface area contributed by atoms with E-state index in [2.05, 4.69) is 4.98 Å². The third-order valence-corrected chi connectivity index (χ3v) is 2.52. The van der Waals surface area contributed by atoms with Gasteiger partial charge < -0.3 is 4.57 Å². The van der Waals surface area contributed by atoms with Crippen LogP contribution in [-0.4, -0.2) is 14.5 Å². The Morgan fingerprint density at radius 3 is 2.83 bits per heavy atom. The summed E-state index contributed by atoms with van der Waals surface area (Å²) in [5.74, 6) is 0. The van der Waals surface area contributed by atoms with E-state index < -0.39 is 4.92 Å². The van der Waals surface area contributed by atoms with Gasteiger partial charge in [0.15, 0.2) is 0 Å². The minimum atomic E-state index is -0.554. The molecule has 0 atom stereocenters. The minimum absolute atomic E-state index is 0.140. The lowest BCUT2D eigenvalue weighted by molar-refractivity contribution is -0.385. The highest BCUT2D eigenvalue weighted by Crippen LogP contribution is 2.10. The number of halogens is 1. The topological polar surface area (TPSA) is 78.0 Å². The molecular weight excluding hydrogens is 258 g/mol. The summed E-state index contributed by atoms with van der Waals surface area (Å²) in [5, 5.41) is 11.1. The first-order chi connectivity index (χ1) is 8.56. The third-order valence-electron chi connectivity index (χ3n) is 2.29. The molecule has 18 heavy (non-hydrogen) atoms. The number of nitrogens with zero attached hydrogens (tertiary/aromatic N) is 3. The molecule has 2 rings (SSSR count). The van der Waals surface area contributed by atoms with Crippen molar-refractivity contribution in [1.29, 1.82) is 0 Å². The Morgan fingerprint density at radius 2 is 2.17 bits per heavy atom. The molecule has 0 aliphatic carbocycles. The van der Waals surface area contributed by atoms with Gasteiger partial charge in [-0.25, -0.2) is 0 Å². The second kappa shape index (κ2) is 4.97. The molecule has 0 saturated carbocycles. The molecule has 0 fully saturated rings. The molecule has 0 aliphatic heterocycles. The zero-order valence-electron chi connectivity index (χ0n) is 9.12. The van der Waals surface area contributed by atoms with E-state index in [0.717, 1.165) is 6.07 Å². The van der Waals surface area contributed by atoms with E-state index in [1.807, 2.05) is 0 Å². The van der Waals surface area contributed by atoms with Crippen LogP contribution in [0.1, 0.15) is 5.69 Å². The lowest BCUT2D eigenvalue weighted by Crippen LogP contribution is -2.19. The Labute approximate surface area is 107 Å². The SMILES string of the molecule is O=c1ccc([N+](=O)[O-])cn1Cc1cc(Cl)ccn1. The molecule has 0 saturated heterocycles. The van der Waals surface area contributed by atoms with Crippen LogP contribution in [0.3, 0.4) is 0 Å². The van der Waals surface area contributed by atoms with Crippen LogP contribution in [0.2, 0.25) is 5.02 Å². The molecule has 0 aromatic carbocycles. The van der Waals surface area contributed by atoms with Crippen LogP contribution in [0, 0.1) is 10.1 Å². The summed E-state index contributed by atoms with van der Waals surface area (Å²) in [6, 6.07) is 5.54. The molecule has 7 heteroatoms. The van der Waals surface area contributed by atoms with E-state index in [1.54, 1.807) is 12.1 Å². The lowest BCUT2D eigenvalue weighted by atomic mass is 10.3. The molecule has 6 nitrogen and oxygen atoms in total. The summed E-state index contributed by atoms with van der Waals surface area (Å²) in [4.78, 5) is 25.7. The normalized spacial score (nSPS) is 10.3. The molecule has 92 valence electrons. The first kappa shape index (κ1) is 12.3. The molecule has 0 bridgehead atoms. The van der Waals surface area contributed by atoms with E-state index in [1.165, 1.54) is 23.0 Å². The predicted octanol–water partition coefficient (Wildman–Crippen LogP) is 1.85. The fourth-order valence-corrected chi connectivity index (χ4v) is 1.64. The van der Waals surface area contributed by atoms with E-state index in [-0.39, 0.29) is 17.8 Å². The summed E-state index contributed by atoms with van der Waals surface area (Å²) < 4.78 is 1.22. The molecule has 0 spiro atoms. The number of pyridine rings is 2. The minimum Gasteiger partial charge on any atom is -0.303 e. The molecule has 2 aromatic heterocycles. The Balaban J connectivity index is 2.37. The lowest BCUT2D eigenvalue weighted by Gasteiger charge is -2.04. The third kappa shape index (κ3) is 2.72. The number of hydrogen-bond acceptors (Lipinski definition) is 4. The van der Waals surface area contributed by atoms with Crippen molar-refractivity contribution in [1.82, 2.24) is 9.55 Å². The second-order valence-corrected chi connectivity index (χ2v) is 4.01. The monoisotopic (exact) mass is 265 g/mol. The van der Waals surface area contributed by atoms with Crippen molar-refractivity contribution in [3.05, 3.63) is 67.8 Å². The second-order valence-electron chi connectivity index (χ2n) is 3.58. The van der Waals surface area contributed by atoms with E-state index in [4.69, 9.17) is 11.6 Å². The van der Waals surface area contributed by atoms with Crippen molar-refractivity contribution >= 4 is 17.3 Å². The van der Waals surface area contributed by atoms with Gasteiger partial charge in [0.05, 0.1) is 23.4 Å². The molecular formula is C11H8ClN3O3. The van der Waals surface area contributed by atoms with Gasteiger partial charge in [0.2, 0.25) is 0 Å². The van der Waals surface area contributed by atoms with Crippen molar-refractivity contribution in [3.63, 3.8) is 0 Å². The summed E-state index contributed by atoms with van der Waals surface area (Å²) in [6.07, 6.45) is 2.70. The van der Waals surface area contributed by atoms with E-state index in [0.29, 0.717) is 10.7 Å². The zero-order chi connectivity index (χ0) is 13.1. The van der Waals surface area contributed by atoms with Crippen LogP contribution in [-0.2, 0) is 6.54 Å². The van der Waals surface area contributed by atoms with Crippen LogP contribution < -0.4 is 5.56 Å². The number of hydrogen-bond donors (Lipinski definition) is 0. The molecule has 0 N–H and O–H groups in total. The van der Waals surface area contributed by atoms with E-state index in [9.17, 15) is 14.9 Å². The molecule has 0 aliphatic rings. The number of rotatable bonds is 3. The molecule has 0 unspecified atom stereocenters. The Hall–Kier alpha value is -2.21. The van der Waals surface area contributed by atoms with Crippen molar-refractivity contribution in [3.8, 4) is 0 Å². The summed E-state index contributed by atoms with van der Waals surface area (Å²) in [5.41, 5.74) is 0.0871. The number of nitro groups is 1. The van der Waals surface area contributed by atoms with Gasteiger partial charge in [-0.1, -0.05) is 11.6 Å². The van der Waals surface area contributed by atoms with Crippen molar-refractivity contribution < 1.29 is 4.92 Å². The standard InChI is InChI=1S/C11H8ClN3O3/c12-8-3-4-13-9(5-8)6-14-7-10(15(17)18)1-2-11(14)16/h1-5,7H,6H2. The maximum Gasteiger partial charge on any atom is 0.285 e. The predicted molar refractivity (Wildman–Crippen MR) is 65.7 cm³/mol. The van der Waals surface area contributed by atoms with Gasteiger partial charge in [0.1, 0.15) is 0 Å². The van der Waals surface area contributed by atoms with Gasteiger partial charge in [-0.3, -0.25) is 19.9 Å². The van der Waals surface area contributed by atoms with Crippen LogP contribution in [0.15, 0.2) is 41.5 Å². The molecule has 0 amide bonds. The Morgan fingerprint density at radius 1 is 1.39 bits per heavy atom. The van der Waals surface area contributed by atoms with Crippen molar-refractivity contribution in [2.75, 3.05) is 0 Å². The van der Waals surface area contributed by atoms with Crippen molar-refractivity contribution in [2.45, 2.75) is 6.54 Å². The largest absolute Gasteiger partial charge is 0.303 e. The molecule has 0 radical (unpaired) electrons. The highest BCUT2D eigenvalue weighted by Gasteiger charge is 2.08. The Kier molecular flexibility index (Phi) is 3.38. The molecule has 2 heterocycles. The van der Waals surface area contributed by atoms with Crippen LogP contribution in [0.5, 0.6) is 0 Å². The quantitative estimate of drug-likeness (QED) is 0.627. The highest BCUT2D eigenvalue weighted by atomic mass is 35.5. The summed E-state index contributed by atoms with van der Waals surface area (Å²) >= 11 is 5.80. The average Bonchev–Trinajstić information content (AvgIpc) is 2.31. The van der Waals surface area contributed by atoms with E-state index >= 15 is 0 Å². The smallest absolute Gasteiger partial charge is 0.285 e. The maximum atomic E-state index is 11.6. The fraction of sp³-hybridized carbons (Fsp3) is 0.0909. The first-order valence-electron chi connectivity index (χ1n) is 5.01. The van der Waals surface area contributed by atoms with Gasteiger partial charge >= 0.3 is 0 Å². The number of aromatic nitrogens is 2. The average molecular weight is 266 g/mol. The molecule has 2 aromatic rings. The van der Waals surface area contributed by atoms with Gasteiger partial charge in [-0.2, -0.15) is 0 Å². The first-order valence-corrected chi connectivity index (χ1v) is 5.39. The van der Waals surface area contributed by atoms with Gasteiger partial charge in [-0.05, 0) is 12.1 Å². The van der Waals surface area contributed by atoms with Gasteiger partial charge in [-0.15, -0.1) is 0 Å². The Bertz CT molecular complexity index is 654.